The maximum absolute atomic E-state index is 12.7. The number of hydrogen-bond acceptors (Lipinski definition) is 7. The lowest BCUT2D eigenvalue weighted by molar-refractivity contribution is 0.292. The zero-order valence-electron chi connectivity index (χ0n) is 10.3. The second-order valence-corrected chi connectivity index (χ2v) is 5.10. The predicted molar refractivity (Wildman–Crippen MR) is 63.6 cm³/mol. The molecule has 105 valence electrons. The minimum absolute atomic E-state index is 0.0555. The van der Waals surface area contributed by atoms with Gasteiger partial charge in [-0.05, 0) is 24.3 Å². The molecule has 0 N–H and O–H groups in total. The number of nitrogens with zero attached hydrogens (tertiary/aromatic N) is 3. The van der Waals surface area contributed by atoms with Gasteiger partial charge in [0.1, 0.15) is 18.2 Å². The second-order valence-electron chi connectivity index (χ2n) is 3.50. The molecule has 0 aliphatic carbocycles. The molecule has 1 aromatic carbocycles. The van der Waals surface area contributed by atoms with Gasteiger partial charge in [0.15, 0.2) is 5.82 Å². The standard InChI is InChI=1S/C11H9FN3O4S/c1-18-20(16,17)11-14-7-13-10(15-11)6-19-9-4-2-8(12)3-5-9/h2-5H,6H2,1H3. The predicted octanol–water partition coefficient (Wildman–Crippen LogP) is 0.725. The molecule has 0 saturated heterocycles. The van der Waals surface area contributed by atoms with Crippen molar-refractivity contribution in [3.8, 4) is 5.75 Å². The van der Waals surface area contributed by atoms with E-state index in [-0.39, 0.29) is 18.2 Å². The van der Waals surface area contributed by atoms with E-state index in [4.69, 9.17) is 4.74 Å². The van der Waals surface area contributed by atoms with Crippen LogP contribution >= 0.6 is 0 Å². The van der Waals surface area contributed by atoms with E-state index in [1.54, 1.807) is 0 Å². The fraction of sp³-hybridized carbons (Fsp3) is 0.182. The second kappa shape index (κ2) is 5.88. The summed E-state index contributed by atoms with van der Waals surface area (Å²) < 4.78 is 45.0. The van der Waals surface area contributed by atoms with E-state index in [1.165, 1.54) is 24.3 Å². The molecule has 0 spiro atoms. The van der Waals surface area contributed by atoms with Crippen LogP contribution in [0.3, 0.4) is 0 Å². The molecule has 2 rings (SSSR count). The highest BCUT2D eigenvalue weighted by atomic mass is 32.2. The molecule has 9 heteroatoms. The van der Waals surface area contributed by atoms with Gasteiger partial charge in [0.25, 0.3) is 5.16 Å². The highest BCUT2D eigenvalue weighted by molar-refractivity contribution is 7.86. The summed E-state index contributed by atoms with van der Waals surface area (Å²) >= 11 is 0. The van der Waals surface area contributed by atoms with Crippen LogP contribution < -0.4 is 4.74 Å². The molecule has 0 unspecified atom stereocenters. The lowest BCUT2D eigenvalue weighted by Gasteiger charge is -2.05. The van der Waals surface area contributed by atoms with Crippen molar-refractivity contribution in [2.24, 2.45) is 0 Å². The molecule has 1 aromatic heterocycles. The summed E-state index contributed by atoms with van der Waals surface area (Å²) in [5, 5.41) is -0.548. The molecule has 0 amide bonds. The van der Waals surface area contributed by atoms with Crippen LogP contribution in [0.25, 0.3) is 0 Å². The molecule has 0 aliphatic heterocycles. The molecule has 0 saturated carbocycles. The first-order chi connectivity index (χ1) is 9.51. The van der Waals surface area contributed by atoms with Gasteiger partial charge in [-0.1, -0.05) is 0 Å². The number of benzene rings is 1. The summed E-state index contributed by atoms with van der Waals surface area (Å²) in [6, 6.07) is 5.31. The van der Waals surface area contributed by atoms with Crippen molar-refractivity contribution in [1.82, 2.24) is 15.0 Å². The Morgan fingerprint density at radius 3 is 2.60 bits per heavy atom. The van der Waals surface area contributed by atoms with Crippen LogP contribution in [0.5, 0.6) is 5.75 Å². The van der Waals surface area contributed by atoms with Gasteiger partial charge in [0, 0.05) is 0 Å². The molecule has 0 aliphatic rings. The van der Waals surface area contributed by atoms with Crippen molar-refractivity contribution in [2.45, 2.75) is 11.8 Å². The minimum atomic E-state index is -4.01. The highest BCUT2D eigenvalue weighted by Gasteiger charge is 2.18. The lowest BCUT2D eigenvalue weighted by Crippen LogP contribution is -2.12. The van der Waals surface area contributed by atoms with Gasteiger partial charge in [-0.15, -0.1) is 0 Å². The fourth-order valence-corrected chi connectivity index (χ4v) is 1.73. The smallest absolute Gasteiger partial charge is 0.332 e. The van der Waals surface area contributed by atoms with Crippen LogP contribution in [0.4, 0.5) is 4.39 Å². The first-order valence-corrected chi connectivity index (χ1v) is 6.72. The number of halogens is 1. The molecule has 20 heavy (non-hydrogen) atoms. The van der Waals surface area contributed by atoms with Gasteiger partial charge in [-0.3, -0.25) is 4.18 Å². The van der Waals surface area contributed by atoms with E-state index in [1.807, 2.05) is 0 Å². The fourth-order valence-electron chi connectivity index (χ4n) is 1.22. The molecule has 7 nitrogen and oxygen atoms in total. The molecule has 2 aromatic rings. The van der Waals surface area contributed by atoms with E-state index in [0.717, 1.165) is 7.11 Å². The first kappa shape index (κ1) is 14.3. The Kier molecular flexibility index (Phi) is 4.20. The summed E-state index contributed by atoms with van der Waals surface area (Å²) in [4.78, 5) is 10.7. The Morgan fingerprint density at radius 1 is 1.25 bits per heavy atom. The van der Waals surface area contributed by atoms with Crippen LogP contribution in [0.1, 0.15) is 5.82 Å². The van der Waals surface area contributed by atoms with E-state index in [0.29, 0.717) is 5.75 Å². The Labute approximate surface area is 114 Å². The summed E-state index contributed by atoms with van der Waals surface area (Å²) in [5.41, 5.74) is 0. The van der Waals surface area contributed by atoms with Crippen molar-refractivity contribution < 1.29 is 21.7 Å². The van der Waals surface area contributed by atoms with Crippen LogP contribution in [0.15, 0.2) is 29.4 Å². The summed E-state index contributed by atoms with van der Waals surface area (Å²) in [6.45, 7) is -0.114. The van der Waals surface area contributed by atoms with Gasteiger partial charge in [0.2, 0.25) is 6.33 Å². The third-order valence-electron chi connectivity index (χ3n) is 2.17. The third-order valence-corrected chi connectivity index (χ3v) is 3.24. The van der Waals surface area contributed by atoms with Crippen molar-refractivity contribution in [2.75, 3.05) is 7.11 Å². The average molecular weight is 298 g/mol. The van der Waals surface area contributed by atoms with Gasteiger partial charge in [0.05, 0.1) is 7.11 Å². The Hall–Kier alpha value is -2.13. The Balaban J connectivity index is 2.11. The van der Waals surface area contributed by atoms with Crippen LogP contribution in [-0.4, -0.2) is 30.5 Å². The van der Waals surface area contributed by atoms with E-state index in [9.17, 15) is 12.8 Å². The van der Waals surface area contributed by atoms with Gasteiger partial charge in [-0.2, -0.15) is 18.4 Å². The molecule has 0 bridgehead atoms. The molecule has 1 heterocycles. The quantitative estimate of drug-likeness (QED) is 0.751. The van der Waals surface area contributed by atoms with Crippen LogP contribution in [0.2, 0.25) is 0 Å². The SMILES string of the molecule is COS(=O)(=O)c1n[c]nc(COc2ccc(F)cc2)n1. The Bertz CT molecular complexity index is 691. The topological polar surface area (TPSA) is 91.3 Å². The summed E-state index contributed by atoms with van der Waals surface area (Å²) in [7, 11) is -3.01. The maximum atomic E-state index is 12.7. The highest BCUT2D eigenvalue weighted by Crippen LogP contribution is 2.12. The normalized spacial score (nSPS) is 11.3. The summed E-state index contributed by atoms with van der Waals surface area (Å²) in [5.74, 6) is 0.0576. The number of hydrogen-bond donors (Lipinski definition) is 0. The van der Waals surface area contributed by atoms with E-state index in [2.05, 4.69) is 25.5 Å². The zero-order valence-corrected chi connectivity index (χ0v) is 11.1. The van der Waals surface area contributed by atoms with Crippen molar-refractivity contribution in [3.05, 3.63) is 42.2 Å². The maximum Gasteiger partial charge on any atom is 0.332 e. The van der Waals surface area contributed by atoms with Crippen LogP contribution in [0, 0.1) is 12.1 Å². The summed E-state index contributed by atoms with van der Waals surface area (Å²) in [6.07, 6.45) is 2.15. The minimum Gasteiger partial charge on any atom is -0.486 e. The first-order valence-electron chi connectivity index (χ1n) is 5.31. The average Bonchev–Trinajstić information content (AvgIpc) is 2.47. The Morgan fingerprint density at radius 2 is 1.95 bits per heavy atom. The molecule has 1 radical (unpaired) electrons. The molecule has 0 atom stereocenters. The van der Waals surface area contributed by atoms with Crippen LogP contribution in [-0.2, 0) is 20.9 Å². The van der Waals surface area contributed by atoms with Crippen molar-refractivity contribution in [1.29, 1.82) is 0 Å². The van der Waals surface area contributed by atoms with Gasteiger partial charge in [-0.25, -0.2) is 9.37 Å². The van der Waals surface area contributed by atoms with Crippen molar-refractivity contribution >= 4 is 10.1 Å². The third kappa shape index (κ3) is 3.45. The van der Waals surface area contributed by atoms with E-state index >= 15 is 0 Å². The number of aromatic nitrogens is 3. The number of rotatable bonds is 5. The monoisotopic (exact) mass is 298 g/mol. The molecular weight excluding hydrogens is 289 g/mol. The largest absolute Gasteiger partial charge is 0.486 e. The van der Waals surface area contributed by atoms with E-state index < -0.39 is 15.3 Å². The van der Waals surface area contributed by atoms with Gasteiger partial charge < -0.3 is 4.74 Å². The molecular formula is C11H9FN3O4S. The zero-order chi connectivity index (χ0) is 14.6. The number of ether oxygens (including phenoxy) is 1. The molecule has 0 fully saturated rings. The van der Waals surface area contributed by atoms with Gasteiger partial charge >= 0.3 is 10.1 Å². The lowest BCUT2D eigenvalue weighted by atomic mass is 10.3. The van der Waals surface area contributed by atoms with Crippen molar-refractivity contribution in [3.63, 3.8) is 0 Å².